The predicted molar refractivity (Wildman–Crippen MR) is 389 cm³/mol. The molecule has 11 N–H and O–H groups in total. The van der Waals surface area contributed by atoms with Gasteiger partial charge in [-0.3, -0.25) is 24.0 Å². The molecule has 2 radical (unpaired) electrons. The number of thiocarbonyl (C=S) groups is 4. The Balaban J connectivity index is 0.000000622. The molecule has 500 valence electrons. The van der Waals surface area contributed by atoms with E-state index >= 15 is 0 Å². The topological polar surface area (TPSA) is 286 Å². The molecule has 0 bridgehead atoms. The molecule has 1 aliphatic heterocycles. The van der Waals surface area contributed by atoms with Crippen molar-refractivity contribution in [2.24, 2.45) is 11.8 Å². The molecule has 5 atom stereocenters. The van der Waals surface area contributed by atoms with Gasteiger partial charge >= 0.3 is 12.0 Å². The van der Waals surface area contributed by atoms with Crippen molar-refractivity contribution in [2.45, 2.75) is 142 Å². The summed E-state index contributed by atoms with van der Waals surface area (Å²) in [6, 6.07) is 25.1. The van der Waals surface area contributed by atoms with E-state index in [1.807, 2.05) is 93.9 Å². The van der Waals surface area contributed by atoms with Crippen molar-refractivity contribution < 1.29 is 104 Å². The number of carbonyl (C=O) groups is 7. The van der Waals surface area contributed by atoms with E-state index in [0.717, 1.165) is 57.0 Å². The Morgan fingerprint density at radius 2 is 1.19 bits per heavy atom. The maximum Gasteiger partial charge on any atom is 0.326 e. The molecule has 5 rings (SSSR count). The van der Waals surface area contributed by atoms with Crippen molar-refractivity contribution in [2.75, 3.05) is 64.9 Å². The van der Waals surface area contributed by atoms with Crippen molar-refractivity contribution >= 4 is 156 Å². The van der Waals surface area contributed by atoms with Crippen LogP contribution in [0.25, 0.3) is 11.1 Å². The summed E-state index contributed by atoms with van der Waals surface area (Å²) >= 11 is 24.2. The summed E-state index contributed by atoms with van der Waals surface area (Å²) in [5.41, 5.74) is 15.2. The number of fused-ring (bicyclic) bond motifs is 1. The Bertz CT molecular complexity index is 3080. The van der Waals surface area contributed by atoms with Crippen LogP contribution in [0.1, 0.15) is 131 Å². The molecule has 0 aliphatic carbocycles. The van der Waals surface area contributed by atoms with E-state index in [0.29, 0.717) is 109 Å². The van der Waals surface area contributed by atoms with Gasteiger partial charge in [0.2, 0.25) is 11.8 Å². The van der Waals surface area contributed by atoms with Crippen molar-refractivity contribution in [3.63, 3.8) is 0 Å². The average molecular weight is 1530 g/mol. The van der Waals surface area contributed by atoms with Crippen LogP contribution in [-0.4, -0.2) is 128 Å². The molecule has 1 heterocycles. The molecule has 19 nitrogen and oxygen atoms in total. The molecule has 1 aliphatic rings. The number of amides is 5. The molecule has 93 heavy (non-hydrogen) atoms. The summed E-state index contributed by atoms with van der Waals surface area (Å²) in [5, 5.41) is 40.9. The van der Waals surface area contributed by atoms with Gasteiger partial charge in [-0.2, -0.15) is 23.5 Å². The minimum Gasteiger partial charge on any atom is -0.674 e. The minimum absolute atomic E-state index is 0. The number of benzene rings is 4. The monoisotopic (exact) mass is 1530 g/mol. The van der Waals surface area contributed by atoms with Crippen LogP contribution in [0.4, 0.5) is 27.5 Å². The molecule has 27 heteroatoms. The quantitative estimate of drug-likeness (QED) is 0.0148. The SMILES string of the molecule is CC[C@H](C)[C@H](CC(=O)[C@H](CCSC)NC(=O)Nc1ccc(C[NH-])cc1)C(=O)NCCCC(=S)Cc1ccc(NC(C)=S)cc1.CSCC[C@H](NC(=O)c1cccc2c1CC[N-]C2)C(=O)CCC(=O)N[C@@H](CCCCNC(=S)Nc1ccc(NC(C)=S)cc1)C(=O)O.[Y].[Y]. The second-order valence-corrected chi connectivity index (χ2v) is 26.3. The zero-order valence-corrected chi connectivity index (χ0v) is 64.6. The minimum atomic E-state index is -1.14. The Kier molecular flexibility index (Phi) is 43.5. The number of hydrogen-bond donors (Lipinski definition) is 10. The van der Waals surface area contributed by atoms with Gasteiger partial charge in [-0.25, -0.2) is 9.59 Å². The molecule has 4 aromatic carbocycles. The van der Waals surface area contributed by atoms with Crippen molar-refractivity contribution in [3.05, 3.63) is 130 Å². The van der Waals surface area contributed by atoms with Crippen molar-refractivity contribution in [3.8, 4) is 0 Å². The fraction of sp³-hybridized carbons (Fsp3) is 0.470. The summed E-state index contributed by atoms with van der Waals surface area (Å²) in [7, 11) is 0. The van der Waals surface area contributed by atoms with Crippen LogP contribution >= 0.6 is 72.4 Å². The number of Topliss-reactive ketones (excluding diaryl/α,β-unsaturated/α-hetero) is 2. The van der Waals surface area contributed by atoms with Gasteiger partial charge in [0.05, 0.1) is 22.1 Å². The summed E-state index contributed by atoms with van der Waals surface area (Å²) in [6.07, 6.45) is 9.51. The normalized spacial score (nSPS) is 12.8. The number of aliphatic carboxylic acids is 1. The third-order valence-electron chi connectivity index (χ3n) is 14.9. The van der Waals surface area contributed by atoms with Gasteiger partial charge in [-0.15, -0.1) is 19.6 Å². The van der Waals surface area contributed by atoms with E-state index in [9.17, 15) is 38.7 Å². The standard InChI is InChI=1S/C33H43N6O5S3.C33H46N5O3S3.2Y/c1-21(45)36-23-9-11-24(12-10-23)37-33(46)35-17-4-3-8-28(32(43)44)38-30(41)14-13-29(40)27(16-19-47-2)39-31(42)26-7-5-6-22-20-34-18-15-25(22)26;1-5-22(2)29(32(40)35-17-6-7-28(43)19-24-8-12-26(13-9-24)36-23(3)42)20-31(39)30(16-18-44-4)38-33(41)37-27-14-10-25(21-34)11-15-27;;/h5-7,9-12,27-28H,3-4,8,13-20H2,1-2H3,(H,36,45)(H,38,41)(H,39,42)(H,43,44)(H2,35,37,46);8-15,22,29-30,34H,5-7,16-21H2,1-4H3,(H,35,40)(H,36,42)(H2,37,38,41);;/q2*-1;;/t27-,28-;22-,29-,30-;;/m00../s1. The second-order valence-electron chi connectivity index (χ2n) is 22.1. The number of carboxylic acid groups (broad SMARTS) is 1. The molecule has 0 saturated carbocycles. The molecule has 0 spiro atoms. The molecular formula is C66H89N11O8S6Y2-2. The first-order valence-electron chi connectivity index (χ1n) is 30.6. The van der Waals surface area contributed by atoms with Gasteiger partial charge in [0, 0.05) is 138 Å². The Morgan fingerprint density at radius 3 is 1.76 bits per heavy atom. The van der Waals surface area contributed by atoms with Crippen LogP contribution in [-0.2, 0) is 115 Å². The van der Waals surface area contributed by atoms with Gasteiger partial charge in [0.15, 0.2) is 16.7 Å². The third-order valence-corrected chi connectivity index (χ3v) is 17.0. The number of carboxylic acids is 1. The van der Waals surface area contributed by atoms with Crippen LogP contribution < -0.4 is 47.9 Å². The zero-order valence-electron chi connectivity index (χ0n) is 54.0. The van der Waals surface area contributed by atoms with E-state index in [1.165, 1.54) is 0 Å². The fourth-order valence-corrected chi connectivity index (χ4v) is 11.4. The summed E-state index contributed by atoms with van der Waals surface area (Å²) in [4.78, 5) is 92.5. The predicted octanol–water partition coefficient (Wildman–Crippen LogP) is 12.2. The number of anilines is 4. The van der Waals surface area contributed by atoms with Crippen molar-refractivity contribution in [1.82, 2.24) is 26.6 Å². The van der Waals surface area contributed by atoms with Gasteiger partial charge in [-0.05, 0) is 178 Å². The zero-order chi connectivity index (χ0) is 66.7. The van der Waals surface area contributed by atoms with Crippen LogP contribution in [0.2, 0.25) is 0 Å². The number of urea groups is 1. The number of carbonyl (C=O) groups excluding carboxylic acids is 6. The van der Waals surface area contributed by atoms with Crippen LogP contribution in [0.5, 0.6) is 0 Å². The fourth-order valence-electron chi connectivity index (χ4n) is 9.72. The molecule has 0 fully saturated rings. The smallest absolute Gasteiger partial charge is 0.326 e. The van der Waals surface area contributed by atoms with E-state index in [4.69, 9.17) is 54.6 Å². The van der Waals surface area contributed by atoms with Crippen molar-refractivity contribution in [1.29, 1.82) is 0 Å². The average Bonchev–Trinajstić information content (AvgIpc) is 0.867. The van der Waals surface area contributed by atoms with Crippen LogP contribution in [0.3, 0.4) is 0 Å². The number of hydrogen-bond acceptors (Lipinski definition) is 13. The van der Waals surface area contributed by atoms with E-state index < -0.39 is 42.0 Å². The molecule has 0 aromatic heterocycles. The molecule has 5 amide bonds. The Labute approximate surface area is 629 Å². The summed E-state index contributed by atoms with van der Waals surface area (Å²) in [6.45, 7) is 10.0. The number of nitrogens with zero attached hydrogens (tertiary/aromatic N) is 1. The molecular weight excluding hydrogens is 1450 g/mol. The Morgan fingerprint density at radius 1 is 0.634 bits per heavy atom. The summed E-state index contributed by atoms with van der Waals surface area (Å²) < 4.78 is 0. The van der Waals surface area contributed by atoms with Gasteiger partial charge in [0.1, 0.15) is 6.04 Å². The van der Waals surface area contributed by atoms with Gasteiger partial charge in [-0.1, -0.05) is 104 Å². The van der Waals surface area contributed by atoms with Gasteiger partial charge < -0.3 is 64.0 Å². The van der Waals surface area contributed by atoms with E-state index in [-0.39, 0.29) is 127 Å². The Hall–Kier alpha value is -4.24. The number of thioether (sulfide) groups is 2. The van der Waals surface area contributed by atoms with Crippen LogP contribution in [0, 0.1) is 11.8 Å². The number of rotatable bonds is 37. The molecule has 4 aromatic rings. The largest absolute Gasteiger partial charge is 0.674 e. The van der Waals surface area contributed by atoms with Gasteiger partial charge in [0.25, 0.3) is 5.91 Å². The number of unbranched alkanes of at least 4 members (excludes halogenated alkanes) is 1. The first-order chi connectivity index (χ1) is 43.6. The van der Waals surface area contributed by atoms with E-state index in [1.54, 1.807) is 60.8 Å². The molecule has 0 saturated heterocycles. The maximum atomic E-state index is 13.4. The number of nitrogens with one attached hydrogen (secondary N) is 10. The van der Waals surface area contributed by atoms with Crippen LogP contribution in [0.15, 0.2) is 91.0 Å². The first-order valence-corrected chi connectivity index (χ1v) is 35.0. The molecule has 0 unspecified atom stereocenters. The van der Waals surface area contributed by atoms with E-state index in [2.05, 4.69) is 53.2 Å². The summed E-state index contributed by atoms with van der Waals surface area (Å²) in [5.74, 6) is -1.65. The third kappa shape index (κ3) is 33.5. The first kappa shape index (κ1) is 84.8. The number of ketones is 2. The second kappa shape index (κ2) is 47.6. The maximum absolute atomic E-state index is 13.4.